The zero-order valence-corrected chi connectivity index (χ0v) is 10.4. The normalized spacial score (nSPS) is 10.8. The molecule has 15 heavy (non-hydrogen) atoms. The SMILES string of the molecule is C=C(C)C=NNCCCCCCCCC. The highest BCUT2D eigenvalue weighted by Gasteiger charge is 1.89. The quantitative estimate of drug-likeness (QED) is 0.330. The first-order valence-electron chi connectivity index (χ1n) is 6.18. The van der Waals surface area contributed by atoms with Crippen LogP contribution in [0.3, 0.4) is 0 Å². The first kappa shape index (κ1) is 14.2. The van der Waals surface area contributed by atoms with E-state index >= 15 is 0 Å². The molecule has 0 aromatic heterocycles. The first-order valence-corrected chi connectivity index (χ1v) is 6.18. The third kappa shape index (κ3) is 13.2. The molecule has 0 fully saturated rings. The second-order valence-electron chi connectivity index (χ2n) is 4.13. The summed E-state index contributed by atoms with van der Waals surface area (Å²) >= 11 is 0. The van der Waals surface area contributed by atoms with E-state index in [1.165, 1.54) is 44.9 Å². The fraction of sp³-hybridized carbons (Fsp3) is 0.769. The Hall–Kier alpha value is -0.790. The Morgan fingerprint density at radius 2 is 1.73 bits per heavy atom. The summed E-state index contributed by atoms with van der Waals surface area (Å²) in [5.74, 6) is 0. The third-order valence-electron chi connectivity index (χ3n) is 2.27. The van der Waals surface area contributed by atoms with E-state index < -0.39 is 0 Å². The molecule has 0 aliphatic heterocycles. The molecular formula is C13H26N2. The van der Waals surface area contributed by atoms with Gasteiger partial charge in [0.2, 0.25) is 0 Å². The molecule has 0 amide bonds. The number of allylic oxidation sites excluding steroid dienone is 1. The highest BCUT2D eigenvalue weighted by molar-refractivity contribution is 5.76. The minimum Gasteiger partial charge on any atom is -0.310 e. The zero-order valence-electron chi connectivity index (χ0n) is 10.4. The van der Waals surface area contributed by atoms with Crippen molar-refractivity contribution in [3.05, 3.63) is 12.2 Å². The fourth-order valence-electron chi connectivity index (χ4n) is 1.38. The lowest BCUT2D eigenvalue weighted by atomic mass is 10.1. The summed E-state index contributed by atoms with van der Waals surface area (Å²) in [5, 5.41) is 4.04. The van der Waals surface area contributed by atoms with Crippen molar-refractivity contribution in [1.82, 2.24) is 5.43 Å². The average Bonchev–Trinajstić information content (AvgIpc) is 2.20. The molecule has 0 aromatic carbocycles. The monoisotopic (exact) mass is 210 g/mol. The van der Waals surface area contributed by atoms with Gasteiger partial charge in [0.25, 0.3) is 0 Å². The van der Waals surface area contributed by atoms with Gasteiger partial charge in [0.1, 0.15) is 0 Å². The first-order chi connectivity index (χ1) is 7.27. The maximum atomic E-state index is 4.04. The van der Waals surface area contributed by atoms with Gasteiger partial charge in [0, 0.05) is 12.8 Å². The number of unbranched alkanes of at least 4 members (excludes halogenated alkanes) is 6. The van der Waals surface area contributed by atoms with Crippen LogP contribution >= 0.6 is 0 Å². The number of nitrogens with zero attached hydrogens (tertiary/aromatic N) is 1. The van der Waals surface area contributed by atoms with Crippen molar-refractivity contribution in [2.24, 2.45) is 5.10 Å². The topological polar surface area (TPSA) is 24.4 Å². The molecule has 0 aliphatic rings. The predicted octanol–water partition coefficient (Wildman–Crippen LogP) is 3.89. The Kier molecular flexibility index (Phi) is 10.7. The fourth-order valence-corrected chi connectivity index (χ4v) is 1.38. The molecule has 0 saturated carbocycles. The van der Waals surface area contributed by atoms with Crippen molar-refractivity contribution in [2.45, 2.75) is 58.8 Å². The van der Waals surface area contributed by atoms with Gasteiger partial charge in [0.15, 0.2) is 0 Å². The van der Waals surface area contributed by atoms with Crippen molar-refractivity contribution >= 4 is 6.21 Å². The Morgan fingerprint density at radius 3 is 2.33 bits per heavy atom. The van der Waals surface area contributed by atoms with E-state index in [4.69, 9.17) is 0 Å². The van der Waals surface area contributed by atoms with Crippen molar-refractivity contribution in [3.63, 3.8) is 0 Å². The summed E-state index contributed by atoms with van der Waals surface area (Å²) < 4.78 is 0. The van der Waals surface area contributed by atoms with Gasteiger partial charge in [-0.15, -0.1) is 0 Å². The van der Waals surface area contributed by atoms with Crippen LogP contribution in [-0.4, -0.2) is 12.8 Å². The summed E-state index contributed by atoms with van der Waals surface area (Å²) in [6, 6.07) is 0. The van der Waals surface area contributed by atoms with E-state index in [-0.39, 0.29) is 0 Å². The van der Waals surface area contributed by atoms with Gasteiger partial charge in [-0.05, 0) is 18.9 Å². The van der Waals surface area contributed by atoms with Crippen molar-refractivity contribution in [1.29, 1.82) is 0 Å². The lowest BCUT2D eigenvalue weighted by molar-refractivity contribution is 0.571. The van der Waals surface area contributed by atoms with Gasteiger partial charge in [0.05, 0.1) is 0 Å². The van der Waals surface area contributed by atoms with Crippen LogP contribution in [0.4, 0.5) is 0 Å². The van der Waals surface area contributed by atoms with Gasteiger partial charge >= 0.3 is 0 Å². The second-order valence-corrected chi connectivity index (χ2v) is 4.13. The van der Waals surface area contributed by atoms with Crippen LogP contribution in [0.25, 0.3) is 0 Å². The van der Waals surface area contributed by atoms with Crippen molar-refractivity contribution in [2.75, 3.05) is 6.54 Å². The van der Waals surface area contributed by atoms with Gasteiger partial charge in [-0.1, -0.05) is 52.0 Å². The zero-order chi connectivity index (χ0) is 11.4. The van der Waals surface area contributed by atoms with E-state index in [0.717, 1.165) is 12.1 Å². The Morgan fingerprint density at radius 1 is 1.13 bits per heavy atom. The smallest absolute Gasteiger partial charge is 0.0491 e. The highest BCUT2D eigenvalue weighted by Crippen LogP contribution is 2.06. The molecule has 2 nitrogen and oxygen atoms in total. The molecule has 0 aromatic rings. The number of nitrogens with one attached hydrogen (secondary N) is 1. The molecular weight excluding hydrogens is 184 g/mol. The van der Waals surface area contributed by atoms with E-state index in [1.54, 1.807) is 6.21 Å². The summed E-state index contributed by atoms with van der Waals surface area (Å²) in [7, 11) is 0. The number of hydrazone groups is 1. The lowest BCUT2D eigenvalue weighted by Crippen LogP contribution is -2.07. The number of rotatable bonds is 10. The number of hydrogen-bond acceptors (Lipinski definition) is 2. The predicted molar refractivity (Wildman–Crippen MR) is 69.3 cm³/mol. The van der Waals surface area contributed by atoms with Crippen LogP contribution in [0.2, 0.25) is 0 Å². The van der Waals surface area contributed by atoms with Gasteiger partial charge < -0.3 is 5.43 Å². The van der Waals surface area contributed by atoms with E-state index in [1.807, 2.05) is 6.92 Å². The van der Waals surface area contributed by atoms with Crippen LogP contribution in [0.5, 0.6) is 0 Å². The van der Waals surface area contributed by atoms with Crippen LogP contribution in [0.15, 0.2) is 17.3 Å². The van der Waals surface area contributed by atoms with Crippen molar-refractivity contribution < 1.29 is 0 Å². The summed E-state index contributed by atoms with van der Waals surface area (Å²) in [6.07, 6.45) is 11.2. The van der Waals surface area contributed by atoms with Gasteiger partial charge in [-0.2, -0.15) is 5.10 Å². The van der Waals surface area contributed by atoms with E-state index in [0.29, 0.717) is 0 Å². The van der Waals surface area contributed by atoms with E-state index in [2.05, 4.69) is 24.0 Å². The third-order valence-corrected chi connectivity index (χ3v) is 2.27. The van der Waals surface area contributed by atoms with E-state index in [9.17, 15) is 0 Å². The van der Waals surface area contributed by atoms with Crippen LogP contribution in [0.1, 0.15) is 58.8 Å². The minimum atomic E-state index is 0.984. The summed E-state index contributed by atoms with van der Waals surface area (Å²) in [4.78, 5) is 0. The molecule has 1 N–H and O–H groups in total. The molecule has 0 saturated heterocycles. The molecule has 0 aliphatic carbocycles. The Bertz CT molecular complexity index is 173. The lowest BCUT2D eigenvalue weighted by Gasteiger charge is -2.01. The molecule has 2 heteroatoms. The molecule has 0 bridgehead atoms. The van der Waals surface area contributed by atoms with Crippen LogP contribution < -0.4 is 5.43 Å². The molecule has 0 heterocycles. The summed E-state index contributed by atoms with van der Waals surface area (Å²) in [5.41, 5.74) is 4.02. The molecule has 0 rings (SSSR count). The number of hydrogen-bond donors (Lipinski definition) is 1. The molecule has 88 valence electrons. The summed E-state index contributed by atoms with van der Waals surface area (Å²) in [6.45, 7) is 8.92. The average molecular weight is 210 g/mol. The standard InChI is InChI=1S/C13H26N2/c1-4-5-6-7-8-9-10-11-14-15-12-13(2)3/h12,14H,2,4-11H2,1,3H3. The van der Waals surface area contributed by atoms with Crippen molar-refractivity contribution in [3.8, 4) is 0 Å². The molecule has 0 unspecified atom stereocenters. The highest BCUT2D eigenvalue weighted by atomic mass is 15.3. The molecule has 0 radical (unpaired) electrons. The van der Waals surface area contributed by atoms with Gasteiger partial charge in [-0.3, -0.25) is 0 Å². The maximum Gasteiger partial charge on any atom is 0.0491 e. The Balaban J connectivity index is 3.02. The molecule has 0 atom stereocenters. The maximum absolute atomic E-state index is 4.04. The van der Waals surface area contributed by atoms with Crippen LogP contribution in [0, 0.1) is 0 Å². The minimum absolute atomic E-state index is 0.984. The molecule has 0 spiro atoms. The van der Waals surface area contributed by atoms with Crippen LogP contribution in [-0.2, 0) is 0 Å². The Labute approximate surface area is 94.8 Å². The van der Waals surface area contributed by atoms with Gasteiger partial charge in [-0.25, -0.2) is 0 Å². The largest absolute Gasteiger partial charge is 0.310 e. The second kappa shape index (κ2) is 11.3.